The van der Waals surface area contributed by atoms with Crippen LogP contribution in [0.15, 0.2) is 84.0 Å². The van der Waals surface area contributed by atoms with Crippen LogP contribution in [0, 0.1) is 0 Å². The Labute approximate surface area is 172 Å². The Hall–Kier alpha value is -2.96. The van der Waals surface area contributed by atoms with Crippen LogP contribution in [0.3, 0.4) is 0 Å². The van der Waals surface area contributed by atoms with E-state index in [1.54, 1.807) is 18.5 Å². The zero-order chi connectivity index (χ0) is 19.3. The number of benzene rings is 2. The highest BCUT2D eigenvalue weighted by Crippen LogP contribution is 2.36. The van der Waals surface area contributed by atoms with E-state index in [-0.39, 0.29) is 5.91 Å². The molecule has 1 amide bonds. The highest BCUT2D eigenvalue weighted by Gasteiger charge is 2.33. The molecule has 1 saturated heterocycles. The maximum atomic E-state index is 12.9. The van der Waals surface area contributed by atoms with Crippen molar-refractivity contribution in [3.8, 4) is 5.75 Å². The quantitative estimate of drug-likeness (QED) is 0.439. The summed E-state index contributed by atoms with van der Waals surface area (Å²) in [4.78, 5) is 19.0. The van der Waals surface area contributed by atoms with Gasteiger partial charge in [-0.2, -0.15) is 0 Å². The lowest BCUT2D eigenvalue weighted by molar-refractivity contribution is -0.113. The van der Waals surface area contributed by atoms with Crippen molar-refractivity contribution in [1.29, 1.82) is 0 Å². The largest absolute Gasteiger partial charge is 0.488 e. The summed E-state index contributed by atoms with van der Waals surface area (Å²) in [5.74, 6) is 0.568. The van der Waals surface area contributed by atoms with Crippen molar-refractivity contribution in [3.63, 3.8) is 0 Å². The fraction of sp³-hybridized carbons (Fsp3) is 0.0455. The smallest absolute Gasteiger partial charge is 0.270 e. The molecule has 0 N–H and O–H groups in total. The highest BCUT2D eigenvalue weighted by atomic mass is 32.2. The van der Waals surface area contributed by atoms with E-state index in [2.05, 4.69) is 4.98 Å². The molecule has 4 nitrogen and oxygen atoms in total. The number of thioether (sulfide) groups is 1. The zero-order valence-electron chi connectivity index (χ0n) is 14.8. The van der Waals surface area contributed by atoms with E-state index >= 15 is 0 Å². The van der Waals surface area contributed by atoms with Crippen LogP contribution in [-0.4, -0.2) is 15.2 Å². The maximum Gasteiger partial charge on any atom is 0.270 e. The minimum Gasteiger partial charge on any atom is -0.488 e. The number of amides is 1. The van der Waals surface area contributed by atoms with Gasteiger partial charge in [-0.05, 0) is 29.8 Å². The van der Waals surface area contributed by atoms with Crippen molar-refractivity contribution in [2.75, 3.05) is 4.90 Å². The van der Waals surface area contributed by atoms with Gasteiger partial charge < -0.3 is 4.74 Å². The number of hydrogen-bond acceptors (Lipinski definition) is 5. The molecule has 0 saturated carbocycles. The highest BCUT2D eigenvalue weighted by molar-refractivity contribution is 8.27. The van der Waals surface area contributed by atoms with Crippen LogP contribution in [0.1, 0.15) is 11.1 Å². The van der Waals surface area contributed by atoms with E-state index in [1.807, 2.05) is 66.7 Å². The number of aromatic nitrogens is 1. The molecule has 6 heteroatoms. The summed E-state index contributed by atoms with van der Waals surface area (Å²) in [6, 6.07) is 21.2. The standard InChI is InChI=1S/C22H16N2O2S2/c25-21-20(28-22(27)24(21)18-10-6-12-23-14-18)13-17-9-4-5-11-19(17)26-15-16-7-2-1-3-8-16/h1-14H,15H2/b20-13-. The first-order valence-corrected chi connectivity index (χ1v) is 9.88. The molecule has 0 bridgehead atoms. The maximum absolute atomic E-state index is 12.9. The molecule has 1 aliphatic heterocycles. The van der Waals surface area contributed by atoms with Crippen LogP contribution in [0.25, 0.3) is 6.08 Å². The van der Waals surface area contributed by atoms with Crippen molar-refractivity contribution < 1.29 is 9.53 Å². The Balaban J connectivity index is 1.58. The number of carbonyl (C=O) groups is 1. The van der Waals surface area contributed by atoms with Gasteiger partial charge in [0.2, 0.25) is 0 Å². The monoisotopic (exact) mass is 404 g/mol. The molecule has 2 heterocycles. The van der Waals surface area contributed by atoms with Gasteiger partial charge in [-0.3, -0.25) is 14.7 Å². The van der Waals surface area contributed by atoms with Crippen LogP contribution in [0.4, 0.5) is 5.69 Å². The molecule has 138 valence electrons. The summed E-state index contributed by atoms with van der Waals surface area (Å²) in [5, 5.41) is 0. The van der Waals surface area contributed by atoms with Gasteiger partial charge in [0.15, 0.2) is 4.32 Å². The Morgan fingerprint density at radius 2 is 1.82 bits per heavy atom. The zero-order valence-corrected chi connectivity index (χ0v) is 16.5. The number of hydrogen-bond donors (Lipinski definition) is 0. The summed E-state index contributed by atoms with van der Waals surface area (Å²) in [6.07, 6.45) is 5.12. The number of carbonyl (C=O) groups excluding carboxylic acids is 1. The molecular weight excluding hydrogens is 388 g/mol. The summed E-state index contributed by atoms with van der Waals surface area (Å²) in [6.45, 7) is 0.461. The Morgan fingerprint density at radius 1 is 1.04 bits per heavy atom. The van der Waals surface area contributed by atoms with Gasteiger partial charge in [0.05, 0.1) is 16.8 Å². The summed E-state index contributed by atoms with van der Waals surface area (Å²) in [5.41, 5.74) is 2.59. The Kier molecular flexibility index (Phi) is 5.50. The van der Waals surface area contributed by atoms with Crippen LogP contribution in [0.2, 0.25) is 0 Å². The second-order valence-corrected chi connectivity index (χ2v) is 7.72. The van der Waals surface area contributed by atoms with Gasteiger partial charge in [0, 0.05) is 11.8 Å². The lowest BCUT2D eigenvalue weighted by Crippen LogP contribution is -2.27. The van der Waals surface area contributed by atoms with Crippen molar-refractivity contribution in [1.82, 2.24) is 4.98 Å². The number of ether oxygens (including phenoxy) is 1. The molecule has 0 unspecified atom stereocenters. The van der Waals surface area contributed by atoms with Gasteiger partial charge in [0.25, 0.3) is 5.91 Å². The molecule has 1 aliphatic rings. The number of rotatable bonds is 5. The number of pyridine rings is 1. The fourth-order valence-corrected chi connectivity index (χ4v) is 4.07. The topological polar surface area (TPSA) is 42.4 Å². The third-order valence-electron chi connectivity index (χ3n) is 4.14. The lowest BCUT2D eigenvalue weighted by atomic mass is 10.1. The van der Waals surface area contributed by atoms with Crippen LogP contribution in [0.5, 0.6) is 5.75 Å². The Morgan fingerprint density at radius 3 is 2.61 bits per heavy atom. The molecular formula is C22H16N2O2S2. The van der Waals surface area contributed by atoms with E-state index in [4.69, 9.17) is 17.0 Å². The van der Waals surface area contributed by atoms with Crippen molar-refractivity contribution in [2.45, 2.75) is 6.61 Å². The van der Waals surface area contributed by atoms with Gasteiger partial charge in [-0.25, -0.2) is 0 Å². The van der Waals surface area contributed by atoms with E-state index in [1.165, 1.54) is 16.7 Å². The minimum absolute atomic E-state index is 0.152. The van der Waals surface area contributed by atoms with E-state index in [0.717, 1.165) is 16.9 Å². The third kappa shape index (κ3) is 3.98. The van der Waals surface area contributed by atoms with E-state index < -0.39 is 0 Å². The molecule has 0 aliphatic carbocycles. The first kappa shape index (κ1) is 18.4. The predicted molar refractivity (Wildman–Crippen MR) is 117 cm³/mol. The predicted octanol–water partition coefficient (Wildman–Crippen LogP) is 5.07. The second-order valence-electron chi connectivity index (χ2n) is 6.04. The summed E-state index contributed by atoms with van der Waals surface area (Å²) < 4.78 is 6.48. The van der Waals surface area contributed by atoms with Crippen molar-refractivity contribution in [3.05, 3.63) is 95.2 Å². The average molecular weight is 405 g/mol. The molecule has 1 fully saturated rings. The minimum atomic E-state index is -0.152. The first-order chi connectivity index (χ1) is 13.7. The molecule has 3 aromatic rings. The van der Waals surface area contributed by atoms with Gasteiger partial charge in [0.1, 0.15) is 12.4 Å². The molecule has 0 spiro atoms. The first-order valence-electron chi connectivity index (χ1n) is 8.66. The second kappa shape index (κ2) is 8.37. The lowest BCUT2D eigenvalue weighted by Gasteiger charge is -2.13. The average Bonchev–Trinajstić information content (AvgIpc) is 3.02. The van der Waals surface area contributed by atoms with Crippen molar-refractivity contribution >= 4 is 46.0 Å². The third-order valence-corrected chi connectivity index (χ3v) is 5.44. The summed E-state index contributed by atoms with van der Waals surface area (Å²) >= 11 is 6.69. The molecule has 1 aromatic heterocycles. The number of para-hydroxylation sites is 1. The van der Waals surface area contributed by atoms with Gasteiger partial charge >= 0.3 is 0 Å². The fourth-order valence-electron chi connectivity index (χ4n) is 2.78. The van der Waals surface area contributed by atoms with Crippen LogP contribution in [-0.2, 0) is 11.4 Å². The summed E-state index contributed by atoms with van der Waals surface area (Å²) in [7, 11) is 0. The number of nitrogens with zero attached hydrogens (tertiary/aromatic N) is 2. The molecule has 0 radical (unpaired) electrons. The molecule has 28 heavy (non-hydrogen) atoms. The SMILES string of the molecule is O=C1/C(=C/c2ccccc2OCc2ccccc2)SC(=S)N1c1cccnc1. The number of thiocarbonyl (C=S) groups is 1. The van der Waals surface area contributed by atoms with Crippen molar-refractivity contribution in [2.24, 2.45) is 0 Å². The normalized spacial score (nSPS) is 15.3. The van der Waals surface area contributed by atoms with Gasteiger partial charge in [-0.15, -0.1) is 0 Å². The van der Waals surface area contributed by atoms with E-state index in [9.17, 15) is 4.79 Å². The number of anilines is 1. The molecule has 2 aromatic carbocycles. The van der Waals surface area contributed by atoms with E-state index in [0.29, 0.717) is 21.5 Å². The van der Waals surface area contributed by atoms with Gasteiger partial charge in [-0.1, -0.05) is 72.5 Å². The van der Waals surface area contributed by atoms with Crippen LogP contribution >= 0.6 is 24.0 Å². The van der Waals surface area contributed by atoms with Crippen LogP contribution < -0.4 is 9.64 Å². The molecule has 4 rings (SSSR count). The molecule has 0 atom stereocenters. The Bertz CT molecular complexity index is 1040.